The van der Waals surface area contributed by atoms with E-state index in [9.17, 15) is 4.79 Å². The molecule has 0 radical (unpaired) electrons. The third-order valence-corrected chi connectivity index (χ3v) is 2.57. The lowest BCUT2D eigenvalue weighted by Crippen LogP contribution is -2.31. The van der Waals surface area contributed by atoms with Gasteiger partial charge in [0.25, 0.3) is 0 Å². The average molecular weight is 241 g/mol. The molecule has 0 aromatic carbocycles. The molecule has 0 aliphatic rings. The SMILES string of the molecule is CCc1nnc(CN(CC)CC(C)C(=O)O)o1. The maximum Gasteiger partial charge on any atom is 0.307 e. The molecule has 0 aliphatic heterocycles. The van der Waals surface area contributed by atoms with Crippen molar-refractivity contribution in [2.75, 3.05) is 13.1 Å². The van der Waals surface area contributed by atoms with Crippen molar-refractivity contribution >= 4 is 5.97 Å². The second-order valence-corrected chi connectivity index (χ2v) is 4.01. The van der Waals surface area contributed by atoms with Gasteiger partial charge in [-0.1, -0.05) is 20.8 Å². The zero-order valence-electron chi connectivity index (χ0n) is 10.5. The molecule has 6 nitrogen and oxygen atoms in total. The molecule has 0 saturated heterocycles. The fourth-order valence-corrected chi connectivity index (χ4v) is 1.46. The minimum Gasteiger partial charge on any atom is -0.481 e. The maximum atomic E-state index is 10.8. The number of aliphatic carboxylic acids is 1. The van der Waals surface area contributed by atoms with E-state index in [4.69, 9.17) is 9.52 Å². The van der Waals surface area contributed by atoms with Gasteiger partial charge in [-0.05, 0) is 6.54 Å². The molecule has 1 aromatic rings. The van der Waals surface area contributed by atoms with E-state index in [1.165, 1.54) is 0 Å². The van der Waals surface area contributed by atoms with Crippen molar-refractivity contribution in [1.29, 1.82) is 0 Å². The third kappa shape index (κ3) is 4.14. The Labute approximate surface area is 101 Å². The number of carbonyl (C=O) groups is 1. The van der Waals surface area contributed by atoms with Gasteiger partial charge in [0.2, 0.25) is 11.8 Å². The quantitative estimate of drug-likeness (QED) is 0.772. The Balaban J connectivity index is 2.54. The maximum absolute atomic E-state index is 10.8. The van der Waals surface area contributed by atoms with E-state index in [1.807, 2.05) is 18.7 Å². The standard InChI is InChI=1S/C11H19N3O3/c1-4-9-12-13-10(17-9)7-14(5-2)6-8(3)11(15)16/h8H,4-7H2,1-3H3,(H,15,16). The molecule has 96 valence electrons. The monoisotopic (exact) mass is 241 g/mol. The molecule has 0 spiro atoms. The molecule has 1 rings (SSSR count). The van der Waals surface area contributed by atoms with Crippen LogP contribution < -0.4 is 0 Å². The summed E-state index contributed by atoms with van der Waals surface area (Å²) >= 11 is 0. The number of rotatable bonds is 7. The summed E-state index contributed by atoms with van der Waals surface area (Å²) in [6.45, 7) is 7.35. The van der Waals surface area contributed by atoms with Crippen LogP contribution in [0.3, 0.4) is 0 Å². The molecule has 6 heteroatoms. The van der Waals surface area contributed by atoms with Gasteiger partial charge in [0, 0.05) is 13.0 Å². The second-order valence-electron chi connectivity index (χ2n) is 4.01. The van der Waals surface area contributed by atoms with E-state index < -0.39 is 11.9 Å². The number of carboxylic acids is 1. The summed E-state index contributed by atoms with van der Waals surface area (Å²) in [4.78, 5) is 12.8. The molecule has 0 bridgehead atoms. The van der Waals surface area contributed by atoms with Gasteiger partial charge >= 0.3 is 5.97 Å². The number of aromatic nitrogens is 2. The van der Waals surface area contributed by atoms with E-state index in [0.29, 0.717) is 31.3 Å². The van der Waals surface area contributed by atoms with Gasteiger partial charge in [-0.3, -0.25) is 9.69 Å². The van der Waals surface area contributed by atoms with E-state index >= 15 is 0 Å². The van der Waals surface area contributed by atoms with Crippen LogP contribution >= 0.6 is 0 Å². The first-order valence-electron chi connectivity index (χ1n) is 5.83. The van der Waals surface area contributed by atoms with E-state index in [-0.39, 0.29) is 0 Å². The van der Waals surface area contributed by atoms with E-state index in [2.05, 4.69) is 10.2 Å². The summed E-state index contributed by atoms with van der Waals surface area (Å²) < 4.78 is 5.40. The van der Waals surface area contributed by atoms with Crippen LogP contribution in [-0.2, 0) is 17.8 Å². The smallest absolute Gasteiger partial charge is 0.307 e. The highest BCUT2D eigenvalue weighted by Crippen LogP contribution is 2.07. The summed E-state index contributed by atoms with van der Waals surface area (Å²) in [5, 5.41) is 16.7. The molecular formula is C11H19N3O3. The van der Waals surface area contributed by atoms with Crippen LogP contribution in [0.2, 0.25) is 0 Å². The molecule has 1 heterocycles. The molecule has 0 fully saturated rings. The van der Waals surface area contributed by atoms with Crippen LogP contribution in [0.1, 0.15) is 32.6 Å². The highest BCUT2D eigenvalue weighted by Gasteiger charge is 2.17. The highest BCUT2D eigenvalue weighted by molar-refractivity contribution is 5.69. The van der Waals surface area contributed by atoms with Gasteiger partial charge < -0.3 is 9.52 Å². The van der Waals surface area contributed by atoms with Crippen molar-refractivity contribution in [3.63, 3.8) is 0 Å². The predicted octanol–water partition coefficient (Wildman–Crippen LogP) is 1.17. The van der Waals surface area contributed by atoms with Gasteiger partial charge in [-0.2, -0.15) is 0 Å². The molecule has 1 unspecified atom stereocenters. The van der Waals surface area contributed by atoms with Gasteiger partial charge in [0.1, 0.15) is 0 Å². The molecule has 0 aliphatic carbocycles. The molecular weight excluding hydrogens is 222 g/mol. The van der Waals surface area contributed by atoms with Gasteiger partial charge in [-0.15, -0.1) is 10.2 Å². The van der Waals surface area contributed by atoms with Crippen molar-refractivity contribution in [2.24, 2.45) is 5.92 Å². The molecule has 0 saturated carbocycles. The third-order valence-electron chi connectivity index (χ3n) is 2.57. The molecule has 0 amide bonds. The predicted molar refractivity (Wildman–Crippen MR) is 61.4 cm³/mol. The van der Waals surface area contributed by atoms with E-state index in [1.54, 1.807) is 6.92 Å². The summed E-state index contributed by atoms with van der Waals surface area (Å²) in [5.74, 6) is -0.0321. The first-order chi connectivity index (χ1) is 8.06. The van der Waals surface area contributed by atoms with Crippen LogP contribution in [-0.4, -0.2) is 39.3 Å². The normalized spacial score (nSPS) is 12.9. The Morgan fingerprint density at radius 2 is 2.06 bits per heavy atom. The van der Waals surface area contributed by atoms with Crippen LogP contribution in [0.25, 0.3) is 0 Å². The van der Waals surface area contributed by atoms with Gasteiger partial charge in [0.15, 0.2) is 0 Å². The Bertz CT molecular complexity index is 365. The average Bonchev–Trinajstić information content (AvgIpc) is 2.75. The zero-order valence-corrected chi connectivity index (χ0v) is 10.5. The highest BCUT2D eigenvalue weighted by atomic mass is 16.4. The largest absolute Gasteiger partial charge is 0.481 e. The summed E-state index contributed by atoms with van der Waals surface area (Å²) in [7, 11) is 0. The fourth-order valence-electron chi connectivity index (χ4n) is 1.46. The van der Waals surface area contributed by atoms with Crippen LogP contribution in [0.5, 0.6) is 0 Å². The van der Waals surface area contributed by atoms with Gasteiger partial charge in [0.05, 0.1) is 12.5 Å². The van der Waals surface area contributed by atoms with Crippen molar-refractivity contribution in [2.45, 2.75) is 33.7 Å². The molecule has 1 atom stereocenters. The Hall–Kier alpha value is -1.43. The Morgan fingerprint density at radius 3 is 2.53 bits per heavy atom. The Kier molecular flexibility index (Phi) is 5.09. The minimum absolute atomic E-state index is 0.400. The minimum atomic E-state index is -0.789. The number of hydrogen-bond acceptors (Lipinski definition) is 5. The lowest BCUT2D eigenvalue weighted by atomic mass is 10.2. The summed E-state index contributed by atoms with van der Waals surface area (Å²) in [6, 6.07) is 0. The van der Waals surface area contributed by atoms with E-state index in [0.717, 1.165) is 6.54 Å². The first-order valence-corrected chi connectivity index (χ1v) is 5.83. The topological polar surface area (TPSA) is 79.5 Å². The fraction of sp³-hybridized carbons (Fsp3) is 0.727. The zero-order chi connectivity index (χ0) is 12.8. The lowest BCUT2D eigenvalue weighted by Gasteiger charge is -2.20. The summed E-state index contributed by atoms with van der Waals surface area (Å²) in [6.07, 6.45) is 0.713. The lowest BCUT2D eigenvalue weighted by molar-refractivity contribution is -0.141. The second kappa shape index (κ2) is 6.34. The number of carboxylic acid groups (broad SMARTS) is 1. The van der Waals surface area contributed by atoms with Crippen molar-refractivity contribution in [3.05, 3.63) is 11.8 Å². The molecule has 17 heavy (non-hydrogen) atoms. The number of nitrogens with zero attached hydrogens (tertiary/aromatic N) is 3. The van der Waals surface area contributed by atoms with Gasteiger partial charge in [-0.25, -0.2) is 0 Å². The Morgan fingerprint density at radius 1 is 1.41 bits per heavy atom. The van der Waals surface area contributed by atoms with Crippen LogP contribution in [0.15, 0.2) is 4.42 Å². The summed E-state index contributed by atoms with van der Waals surface area (Å²) in [5.41, 5.74) is 0. The van der Waals surface area contributed by atoms with Crippen LogP contribution in [0.4, 0.5) is 0 Å². The number of hydrogen-bond donors (Lipinski definition) is 1. The van der Waals surface area contributed by atoms with Crippen molar-refractivity contribution in [1.82, 2.24) is 15.1 Å². The molecule has 1 aromatic heterocycles. The van der Waals surface area contributed by atoms with Crippen molar-refractivity contribution < 1.29 is 14.3 Å². The first kappa shape index (κ1) is 13.6. The molecule has 1 N–H and O–H groups in total. The number of aryl methyl sites for hydroxylation is 1. The van der Waals surface area contributed by atoms with Crippen molar-refractivity contribution in [3.8, 4) is 0 Å². The van der Waals surface area contributed by atoms with Crippen LogP contribution in [0, 0.1) is 5.92 Å².